The van der Waals surface area contributed by atoms with Gasteiger partial charge in [-0.3, -0.25) is 0 Å². The fourth-order valence-electron chi connectivity index (χ4n) is 2.85. The van der Waals surface area contributed by atoms with E-state index in [-0.39, 0.29) is 0 Å². The molecule has 76 valence electrons. The lowest BCUT2D eigenvalue weighted by Gasteiger charge is -2.23. The van der Waals surface area contributed by atoms with Gasteiger partial charge in [0.15, 0.2) is 0 Å². The first-order valence-corrected chi connectivity index (χ1v) is 5.25. The fourth-order valence-corrected chi connectivity index (χ4v) is 2.85. The molecule has 3 atom stereocenters. The van der Waals surface area contributed by atoms with E-state index in [1.165, 1.54) is 12.8 Å². The largest absolute Gasteiger partial charge is 0.389 e. The lowest BCUT2D eigenvalue weighted by atomic mass is 9.92. The molecule has 0 amide bonds. The molecule has 0 aromatic carbocycles. The molecule has 3 unspecified atom stereocenters. The van der Waals surface area contributed by atoms with Gasteiger partial charge in [-0.1, -0.05) is 0 Å². The van der Waals surface area contributed by atoms with E-state index >= 15 is 0 Å². The molecule has 2 fully saturated rings. The minimum absolute atomic E-state index is 0.472. The van der Waals surface area contributed by atoms with Gasteiger partial charge >= 0.3 is 0 Å². The van der Waals surface area contributed by atoms with Gasteiger partial charge in [-0.2, -0.15) is 15.0 Å². The molecule has 1 aromatic rings. The van der Waals surface area contributed by atoms with Gasteiger partial charge in [0, 0.05) is 13.5 Å². The molecule has 0 spiro atoms. The smallest absolute Gasteiger partial charge is 0.0855 e. The molecular formula is C10H15N3O. The molecule has 1 N–H and O–H groups in total. The van der Waals surface area contributed by atoms with Crippen LogP contribution in [0.3, 0.4) is 0 Å². The second kappa shape index (κ2) is 2.57. The molecule has 0 aliphatic heterocycles. The number of hydrogen-bond acceptors (Lipinski definition) is 3. The SMILES string of the molecule is Cn1ncc(CC2(O)CCC3CC32)n1. The number of aryl methyl sites for hydroxylation is 1. The highest BCUT2D eigenvalue weighted by atomic mass is 16.3. The van der Waals surface area contributed by atoms with Crippen LogP contribution in [-0.2, 0) is 13.5 Å². The van der Waals surface area contributed by atoms with Crippen LogP contribution in [0.25, 0.3) is 0 Å². The zero-order chi connectivity index (χ0) is 9.76. The van der Waals surface area contributed by atoms with E-state index in [1.54, 1.807) is 11.0 Å². The molecule has 2 saturated carbocycles. The molecule has 4 heteroatoms. The first-order valence-electron chi connectivity index (χ1n) is 5.25. The van der Waals surface area contributed by atoms with Crippen LogP contribution in [0.5, 0.6) is 0 Å². The average Bonchev–Trinajstić information content (AvgIpc) is 2.74. The third-order valence-corrected chi connectivity index (χ3v) is 3.70. The molecule has 1 heterocycles. The van der Waals surface area contributed by atoms with Gasteiger partial charge in [-0.25, -0.2) is 0 Å². The third kappa shape index (κ3) is 1.17. The first-order chi connectivity index (χ1) is 6.67. The van der Waals surface area contributed by atoms with Gasteiger partial charge in [0.1, 0.15) is 0 Å². The Balaban J connectivity index is 1.77. The highest BCUT2D eigenvalue weighted by molar-refractivity contribution is 5.12. The van der Waals surface area contributed by atoms with Crippen LogP contribution in [0.2, 0.25) is 0 Å². The minimum Gasteiger partial charge on any atom is -0.389 e. The van der Waals surface area contributed by atoms with Crippen LogP contribution in [0.1, 0.15) is 25.0 Å². The predicted octanol–water partition coefficient (Wildman–Crippen LogP) is 0.519. The summed E-state index contributed by atoms with van der Waals surface area (Å²) in [6.07, 6.45) is 5.80. The Labute approximate surface area is 82.9 Å². The van der Waals surface area contributed by atoms with E-state index in [1.807, 2.05) is 7.05 Å². The van der Waals surface area contributed by atoms with E-state index in [4.69, 9.17) is 0 Å². The lowest BCUT2D eigenvalue weighted by molar-refractivity contribution is 0.0243. The van der Waals surface area contributed by atoms with Crippen LogP contribution in [-0.4, -0.2) is 25.7 Å². The number of aliphatic hydroxyl groups is 1. The van der Waals surface area contributed by atoms with E-state index in [9.17, 15) is 5.11 Å². The number of nitrogens with zero attached hydrogens (tertiary/aromatic N) is 3. The molecule has 14 heavy (non-hydrogen) atoms. The maximum absolute atomic E-state index is 10.4. The van der Waals surface area contributed by atoms with Gasteiger partial charge < -0.3 is 5.11 Å². The summed E-state index contributed by atoms with van der Waals surface area (Å²) in [7, 11) is 1.81. The van der Waals surface area contributed by atoms with Gasteiger partial charge in [-0.15, -0.1) is 0 Å². The van der Waals surface area contributed by atoms with E-state index in [2.05, 4.69) is 10.2 Å². The van der Waals surface area contributed by atoms with Crippen LogP contribution >= 0.6 is 0 Å². The van der Waals surface area contributed by atoms with E-state index in [0.717, 1.165) is 18.0 Å². The molecule has 2 aliphatic carbocycles. The Morgan fingerprint density at radius 3 is 3.07 bits per heavy atom. The second-order valence-electron chi connectivity index (χ2n) is 4.75. The van der Waals surface area contributed by atoms with E-state index in [0.29, 0.717) is 12.3 Å². The summed E-state index contributed by atoms with van der Waals surface area (Å²) in [5, 5.41) is 18.6. The lowest BCUT2D eigenvalue weighted by Crippen LogP contribution is -2.31. The summed E-state index contributed by atoms with van der Waals surface area (Å²) in [6, 6.07) is 0. The van der Waals surface area contributed by atoms with Crippen LogP contribution in [0, 0.1) is 11.8 Å². The topological polar surface area (TPSA) is 50.9 Å². The van der Waals surface area contributed by atoms with Crippen molar-refractivity contribution in [3.63, 3.8) is 0 Å². The number of fused-ring (bicyclic) bond motifs is 1. The number of rotatable bonds is 2. The Morgan fingerprint density at radius 2 is 2.57 bits per heavy atom. The predicted molar refractivity (Wildman–Crippen MR) is 50.5 cm³/mol. The Morgan fingerprint density at radius 1 is 1.71 bits per heavy atom. The zero-order valence-corrected chi connectivity index (χ0v) is 8.35. The molecule has 2 aliphatic rings. The van der Waals surface area contributed by atoms with Gasteiger partial charge in [0.05, 0.1) is 17.5 Å². The summed E-state index contributed by atoms with van der Waals surface area (Å²) >= 11 is 0. The van der Waals surface area contributed by atoms with Crippen molar-refractivity contribution in [2.45, 2.75) is 31.3 Å². The van der Waals surface area contributed by atoms with Crippen molar-refractivity contribution in [2.24, 2.45) is 18.9 Å². The van der Waals surface area contributed by atoms with Crippen LogP contribution in [0.15, 0.2) is 6.20 Å². The van der Waals surface area contributed by atoms with Gasteiger partial charge in [0.2, 0.25) is 0 Å². The second-order valence-corrected chi connectivity index (χ2v) is 4.75. The summed E-state index contributed by atoms with van der Waals surface area (Å²) in [6.45, 7) is 0. The highest BCUT2D eigenvalue weighted by Gasteiger charge is 2.57. The normalized spacial score (nSPS) is 39.9. The number of hydrogen-bond donors (Lipinski definition) is 1. The Hall–Kier alpha value is -0.900. The van der Waals surface area contributed by atoms with Crippen molar-refractivity contribution >= 4 is 0 Å². The maximum atomic E-state index is 10.4. The summed E-state index contributed by atoms with van der Waals surface area (Å²) < 4.78 is 0. The summed E-state index contributed by atoms with van der Waals surface area (Å²) in [5.41, 5.74) is 0.448. The quantitative estimate of drug-likeness (QED) is 0.745. The number of aromatic nitrogens is 3. The van der Waals surface area contributed by atoms with Crippen LogP contribution < -0.4 is 0 Å². The van der Waals surface area contributed by atoms with Crippen molar-refractivity contribution in [1.29, 1.82) is 0 Å². The molecule has 0 radical (unpaired) electrons. The molecule has 0 bridgehead atoms. The molecule has 1 aromatic heterocycles. The molecule has 4 nitrogen and oxygen atoms in total. The third-order valence-electron chi connectivity index (χ3n) is 3.70. The monoisotopic (exact) mass is 193 g/mol. The summed E-state index contributed by atoms with van der Waals surface area (Å²) in [5.74, 6) is 1.35. The van der Waals surface area contributed by atoms with Crippen molar-refractivity contribution in [3.8, 4) is 0 Å². The van der Waals surface area contributed by atoms with E-state index < -0.39 is 5.60 Å². The summed E-state index contributed by atoms with van der Waals surface area (Å²) in [4.78, 5) is 1.55. The van der Waals surface area contributed by atoms with Gasteiger partial charge in [-0.05, 0) is 31.1 Å². The first kappa shape index (κ1) is 8.41. The molecule has 3 rings (SSSR count). The molecule has 0 saturated heterocycles. The standard InChI is InChI=1S/C10H15N3O/c1-13-11-6-8(12-13)5-10(14)3-2-7-4-9(7)10/h6-7,9,14H,2-5H2,1H3. The van der Waals surface area contributed by atoms with Crippen molar-refractivity contribution in [3.05, 3.63) is 11.9 Å². The highest BCUT2D eigenvalue weighted by Crippen LogP contribution is 2.58. The fraction of sp³-hybridized carbons (Fsp3) is 0.800. The van der Waals surface area contributed by atoms with Gasteiger partial charge in [0.25, 0.3) is 0 Å². The Bertz CT molecular complexity index is 362. The van der Waals surface area contributed by atoms with Crippen molar-refractivity contribution in [1.82, 2.24) is 15.0 Å². The average molecular weight is 193 g/mol. The van der Waals surface area contributed by atoms with Crippen LogP contribution in [0.4, 0.5) is 0 Å². The molecular weight excluding hydrogens is 178 g/mol. The zero-order valence-electron chi connectivity index (χ0n) is 8.35. The van der Waals surface area contributed by atoms with Crippen molar-refractivity contribution < 1.29 is 5.11 Å². The maximum Gasteiger partial charge on any atom is 0.0855 e. The Kier molecular flexibility index (Phi) is 1.54. The van der Waals surface area contributed by atoms with Crippen molar-refractivity contribution in [2.75, 3.05) is 0 Å². The minimum atomic E-state index is -0.472.